The molecule has 1 N–H and O–H groups in total. The number of carbonyl (C=O) groups is 2. The zero-order valence-electron chi connectivity index (χ0n) is 46.7. The Balaban J connectivity index is 5.38. The largest absolute Gasteiger partial charge is 0.756 e. The first kappa shape index (κ1) is 68.0. The van der Waals surface area contributed by atoms with Crippen LogP contribution in [-0.2, 0) is 27.9 Å². The van der Waals surface area contributed by atoms with Crippen LogP contribution in [0.15, 0.2) is 48.6 Å². The standard InChI is InChI=1S/C60H113N2O7P/c1-7-10-13-16-19-22-25-28-30-31-32-35-38-41-44-47-50-53-60(64)69-58(51-48-45-42-39-36-33-27-24-21-18-15-12-9-3)57(56-68-70(65,66)67-55-54-62(4,5)6)61-59(63)52-49-46-43-40-37-34-29-26-23-20-17-14-11-8-2/h19,22,28,30,34,37,48,51,57-58H,7-18,20-21,23-27,29,31-33,35-36,38-47,49-50,52-56H2,1-6H3,(H-,61,63,65,66)/b22-19-,30-28-,37-34-,51-48+. The lowest BCUT2D eigenvalue weighted by Gasteiger charge is -2.30. The van der Waals surface area contributed by atoms with Gasteiger partial charge < -0.3 is 28.5 Å². The molecule has 70 heavy (non-hydrogen) atoms. The van der Waals surface area contributed by atoms with Gasteiger partial charge in [0.2, 0.25) is 5.91 Å². The fraction of sp³-hybridized carbons (Fsp3) is 0.833. The van der Waals surface area contributed by atoms with Crippen molar-refractivity contribution in [3.8, 4) is 0 Å². The van der Waals surface area contributed by atoms with Gasteiger partial charge in [-0.15, -0.1) is 0 Å². The summed E-state index contributed by atoms with van der Waals surface area (Å²) in [5, 5.41) is 3.01. The van der Waals surface area contributed by atoms with Crippen LogP contribution in [0.5, 0.6) is 0 Å². The number of hydrogen-bond acceptors (Lipinski definition) is 7. The molecule has 0 bridgehead atoms. The van der Waals surface area contributed by atoms with Crippen LogP contribution < -0.4 is 10.2 Å². The van der Waals surface area contributed by atoms with Crippen LogP contribution in [0.25, 0.3) is 0 Å². The van der Waals surface area contributed by atoms with Gasteiger partial charge in [-0.1, -0.05) is 217 Å². The van der Waals surface area contributed by atoms with Gasteiger partial charge in [0.05, 0.1) is 33.8 Å². The summed E-state index contributed by atoms with van der Waals surface area (Å²) in [6.07, 6.45) is 60.7. The Bertz CT molecular complexity index is 1340. The molecule has 10 heteroatoms. The van der Waals surface area contributed by atoms with Crippen molar-refractivity contribution in [2.45, 2.75) is 283 Å². The summed E-state index contributed by atoms with van der Waals surface area (Å²) >= 11 is 0. The van der Waals surface area contributed by atoms with E-state index in [4.69, 9.17) is 13.8 Å². The number of likely N-dealkylation sites (N-methyl/N-ethyl adjacent to an activating group) is 1. The summed E-state index contributed by atoms with van der Waals surface area (Å²) in [5.74, 6) is -0.563. The first-order chi connectivity index (χ1) is 33.9. The highest BCUT2D eigenvalue weighted by molar-refractivity contribution is 7.45. The van der Waals surface area contributed by atoms with Gasteiger partial charge in [0.1, 0.15) is 19.3 Å². The summed E-state index contributed by atoms with van der Waals surface area (Å²) in [7, 11) is 1.17. The molecule has 0 radical (unpaired) electrons. The second-order valence-electron chi connectivity index (χ2n) is 21.1. The van der Waals surface area contributed by atoms with Crippen LogP contribution in [0.4, 0.5) is 0 Å². The molecule has 0 aliphatic carbocycles. The number of unbranched alkanes of at least 4 members (excludes halogenated alkanes) is 31. The maximum atomic E-state index is 13.5. The fourth-order valence-corrected chi connectivity index (χ4v) is 9.09. The Morgan fingerprint density at radius 3 is 1.34 bits per heavy atom. The normalized spacial score (nSPS) is 14.1. The number of nitrogens with zero attached hydrogens (tertiary/aromatic N) is 1. The zero-order chi connectivity index (χ0) is 51.5. The molecule has 0 heterocycles. The Hall–Kier alpha value is -2.03. The minimum atomic E-state index is -4.70. The number of allylic oxidation sites excluding steroid dienone is 7. The molecular weight excluding hydrogens is 892 g/mol. The number of quaternary nitrogens is 1. The van der Waals surface area contributed by atoms with Crippen LogP contribution in [0.1, 0.15) is 271 Å². The maximum absolute atomic E-state index is 13.5. The van der Waals surface area contributed by atoms with E-state index in [0.717, 1.165) is 83.5 Å². The number of hydrogen-bond donors (Lipinski definition) is 1. The minimum absolute atomic E-state index is 0.0262. The van der Waals surface area contributed by atoms with Gasteiger partial charge in [-0.05, 0) is 89.5 Å². The molecular formula is C60H113N2O7P. The van der Waals surface area contributed by atoms with Crippen LogP contribution in [0.3, 0.4) is 0 Å². The van der Waals surface area contributed by atoms with E-state index in [0.29, 0.717) is 23.9 Å². The summed E-state index contributed by atoms with van der Waals surface area (Å²) < 4.78 is 30.2. The van der Waals surface area contributed by atoms with Crippen molar-refractivity contribution >= 4 is 19.7 Å². The lowest BCUT2D eigenvalue weighted by atomic mass is 10.0. The number of nitrogens with one attached hydrogen (secondary N) is 1. The minimum Gasteiger partial charge on any atom is -0.756 e. The molecule has 0 aromatic carbocycles. The molecule has 0 aromatic heterocycles. The van der Waals surface area contributed by atoms with Crippen LogP contribution in [0, 0.1) is 0 Å². The summed E-state index contributed by atoms with van der Waals surface area (Å²) in [4.78, 5) is 39.9. The van der Waals surface area contributed by atoms with E-state index in [1.165, 1.54) is 148 Å². The van der Waals surface area contributed by atoms with E-state index in [1.807, 2.05) is 33.3 Å². The number of ether oxygens (including phenoxy) is 1. The Morgan fingerprint density at radius 2 is 0.871 bits per heavy atom. The van der Waals surface area contributed by atoms with Gasteiger partial charge >= 0.3 is 5.97 Å². The second kappa shape index (κ2) is 50.5. The van der Waals surface area contributed by atoms with E-state index < -0.39 is 26.6 Å². The van der Waals surface area contributed by atoms with Crippen molar-refractivity contribution in [2.24, 2.45) is 0 Å². The SMILES string of the molecule is CCCCC/C=C\C/C=C\CCCCCCCCCC(=O)OC(/C=C/CCCCCCCCCCCCC)C(COP(=O)([O-])OCC[N+](C)(C)C)NC(=O)CCCCC/C=C\CCCCCCCCC. The lowest BCUT2D eigenvalue weighted by molar-refractivity contribution is -0.870. The monoisotopic (exact) mass is 1000 g/mol. The highest BCUT2D eigenvalue weighted by Gasteiger charge is 2.27. The average Bonchev–Trinajstić information content (AvgIpc) is 3.32. The highest BCUT2D eigenvalue weighted by Crippen LogP contribution is 2.38. The van der Waals surface area contributed by atoms with Crippen molar-refractivity contribution in [2.75, 3.05) is 40.9 Å². The van der Waals surface area contributed by atoms with Gasteiger partial charge in [-0.2, -0.15) is 0 Å². The first-order valence-electron chi connectivity index (χ1n) is 29.4. The Labute approximate surface area is 433 Å². The molecule has 0 fully saturated rings. The molecule has 0 saturated heterocycles. The van der Waals surface area contributed by atoms with Gasteiger partial charge in [0.25, 0.3) is 7.82 Å². The number of carbonyl (C=O) groups excluding carboxylic acids is 2. The molecule has 410 valence electrons. The van der Waals surface area contributed by atoms with Crippen molar-refractivity contribution < 1.29 is 37.3 Å². The quantitative estimate of drug-likeness (QED) is 0.0212. The topological polar surface area (TPSA) is 114 Å². The number of phosphoric ester groups is 1. The van der Waals surface area contributed by atoms with Gasteiger partial charge in [-0.25, -0.2) is 0 Å². The van der Waals surface area contributed by atoms with E-state index in [1.54, 1.807) is 0 Å². The predicted molar refractivity (Wildman–Crippen MR) is 298 cm³/mol. The third kappa shape index (κ3) is 50.9. The molecule has 9 nitrogen and oxygen atoms in total. The van der Waals surface area contributed by atoms with Crippen LogP contribution in [0.2, 0.25) is 0 Å². The highest BCUT2D eigenvalue weighted by atomic mass is 31.2. The smallest absolute Gasteiger partial charge is 0.306 e. The van der Waals surface area contributed by atoms with E-state index >= 15 is 0 Å². The molecule has 0 aliphatic rings. The molecule has 1 amide bonds. The van der Waals surface area contributed by atoms with E-state index in [2.05, 4.69) is 62.5 Å². The molecule has 0 aromatic rings. The molecule has 0 saturated carbocycles. The molecule has 0 rings (SSSR count). The van der Waals surface area contributed by atoms with Crippen molar-refractivity contribution in [3.05, 3.63) is 48.6 Å². The third-order valence-corrected chi connectivity index (χ3v) is 13.9. The Kier molecular flexibility index (Phi) is 49.0. The van der Waals surface area contributed by atoms with Gasteiger partial charge in [-0.3, -0.25) is 14.2 Å². The lowest BCUT2D eigenvalue weighted by Crippen LogP contribution is -2.47. The van der Waals surface area contributed by atoms with E-state index in [-0.39, 0.29) is 24.9 Å². The molecule has 3 unspecified atom stereocenters. The van der Waals surface area contributed by atoms with Crippen molar-refractivity contribution in [1.29, 1.82) is 0 Å². The van der Waals surface area contributed by atoms with Crippen LogP contribution in [-0.4, -0.2) is 69.4 Å². The third-order valence-electron chi connectivity index (χ3n) is 13.0. The average molecular weight is 1010 g/mol. The first-order valence-corrected chi connectivity index (χ1v) is 30.9. The number of amides is 1. The number of phosphoric acid groups is 1. The fourth-order valence-electron chi connectivity index (χ4n) is 8.37. The number of esters is 1. The van der Waals surface area contributed by atoms with E-state index in [9.17, 15) is 19.0 Å². The summed E-state index contributed by atoms with van der Waals surface area (Å²) in [6.45, 7) is 6.81. The maximum Gasteiger partial charge on any atom is 0.306 e. The Morgan fingerprint density at radius 1 is 0.500 bits per heavy atom. The predicted octanol–water partition coefficient (Wildman–Crippen LogP) is 17.1. The van der Waals surface area contributed by atoms with Crippen LogP contribution >= 0.6 is 7.82 Å². The summed E-state index contributed by atoms with van der Waals surface area (Å²) in [6, 6.07) is -0.897. The van der Waals surface area contributed by atoms with Gasteiger partial charge in [0, 0.05) is 12.8 Å². The summed E-state index contributed by atoms with van der Waals surface area (Å²) in [5.41, 5.74) is 0. The second-order valence-corrected chi connectivity index (χ2v) is 22.6. The molecule has 0 aliphatic heterocycles. The molecule has 0 spiro atoms. The number of rotatable bonds is 53. The zero-order valence-corrected chi connectivity index (χ0v) is 47.6. The van der Waals surface area contributed by atoms with Gasteiger partial charge in [0.15, 0.2) is 0 Å². The van der Waals surface area contributed by atoms with Crippen molar-refractivity contribution in [1.82, 2.24) is 5.32 Å². The molecule has 3 atom stereocenters. The van der Waals surface area contributed by atoms with Crippen molar-refractivity contribution in [3.63, 3.8) is 0 Å².